The minimum Gasteiger partial charge on any atom is -0.468 e. The van der Waals surface area contributed by atoms with Crippen LogP contribution in [-0.2, 0) is 9.53 Å². The Morgan fingerprint density at radius 2 is 1.93 bits per heavy atom. The molecular weight excluding hydrogens is 199 g/mol. The van der Waals surface area contributed by atoms with Crippen LogP contribution >= 0.6 is 0 Å². The van der Waals surface area contributed by atoms with E-state index in [1.807, 2.05) is 0 Å². The number of nitrogens with one attached hydrogen (secondary N) is 1. The van der Waals surface area contributed by atoms with Crippen LogP contribution in [0.15, 0.2) is 0 Å². The fourth-order valence-corrected chi connectivity index (χ4v) is 1.08. The standard InChI is InChI=1S/C8H14F3NO2/c1-5(4-8(9,10)11)12-6(2)7(13)14-3/h5-6,12H,4H2,1-3H3. The molecule has 0 heterocycles. The Bertz CT molecular complexity index is 194. The first-order chi connectivity index (χ1) is 6.26. The monoisotopic (exact) mass is 213 g/mol. The number of rotatable bonds is 4. The highest BCUT2D eigenvalue weighted by Crippen LogP contribution is 2.21. The SMILES string of the molecule is COC(=O)C(C)NC(C)CC(F)(F)F. The summed E-state index contributed by atoms with van der Waals surface area (Å²) >= 11 is 0. The van der Waals surface area contributed by atoms with Gasteiger partial charge in [0.25, 0.3) is 0 Å². The summed E-state index contributed by atoms with van der Waals surface area (Å²) in [6.45, 7) is 2.83. The molecule has 0 aliphatic heterocycles. The molecule has 0 fully saturated rings. The van der Waals surface area contributed by atoms with Crippen molar-refractivity contribution in [3.05, 3.63) is 0 Å². The van der Waals surface area contributed by atoms with Gasteiger partial charge in [-0.1, -0.05) is 0 Å². The quantitative estimate of drug-likeness (QED) is 0.719. The molecule has 0 radical (unpaired) electrons. The first-order valence-electron chi connectivity index (χ1n) is 4.17. The Hall–Kier alpha value is -0.780. The highest BCUT2D eigenvalue weighted by atomic mass is 19.4. The molecule has 0 saturated heterocycles. The Labute approximate surface area is 80.6 Å². The average Bonchev–Trinajstić information content (AvgIpc) is 1.99. The van der Waals surface area contributed by atoms with Crippen molar-refractivity contribution in [3.63, 3.8) is 0 Å². The number of alkyl halides is 3. The normalized spacial score (nSPS) is 16.1. The summed E-state index contributed by atoms with van der Waals surface area (Å²) in [7, 11) is 1.19. The van der Waals surface area contributed by atoms with Gasteiger partial charge in [0, 0.05) is 6.04 Å². The van der Waals surface area contributed by atoms with E-state index < -0.39 is 30.7 Å². The average molecular weight is 213 g/mol. The molecule has 0 bridgehead atoms. The van der Waals surface area contributed by atoms with E-state index in [9.17, 15) is 18.0 Å². The lowest BCUT2D eigenvalue weighted by Gasteiger charge is -2.19. The van der Waals surface area contributed by atoms with Crippen molar-refractivity contribution in [2.45, 2.75) is 38.5 Å². The molecule has 0 spiro atoms. The number of methoxy groups -OCH3 is 1. The number of carbonyl (C=O) groups is 1. The van der Waals surface area contributed by atoms with E-state index in [1.165, 1.54) is 21.0 Å². The molecule has 0 aliphatic rings. The van der Waals surface area contributed by atoms with Crippen LogP contribution in [0, 0.1) is 0 Å². The van der Waals surface area contributed by atoms with Gasteiger partial charge in [0.1, 0.15) is 6.04 Å². The highest BCUT2D eigenvalue weighted by Gasteiger charge is 2.31. The van der Waals surface area contributed by atoms with Crippen molar-refractivity contribution in [2.24, 2.45) is 0 Å². The van der Waals surface area contributed by atoms with E-state index in [0.717, 1.165) is 0 Å². The number of hydrogen-bond acceptors (Lipinski definition) is 3. The maximum Gasteiger partial charge on any atom is 0.390 e. The molecular formula is C8H14F3NO2. The molecule has 14 heavy (non-hydrogen) atoms. The molecule has 0 amide bonds. The Kier molecular flexibility index (Phi) is 4.90. The predicted molar refractivity (Wildman–Crippen MR) is 44.7 cm³/mol. The zero-order valence-electron chi connectivity index (χ0n) is 8.31. The van der Waals surface area contributed by atoms with Crippen molar-refractivity contribution < 1.29 is 22.7 Å². The minimum absolute atomic E-state index is 0.570. The third kappa shape index (κ3) is 5.80. The van der Waals surface area contributed by atoms with E-state index in [2.05, 4.69) is 10.1 Å². The van der Waals surface area contributed by atoms with E-state index in [4.69, 9.17) is 0 Å². The van der Waals surface area contributed by atoms with E-state index in [-0.39, 0.29) is 0 Å². The molecule has 0 saturated carbocycles. The molecule has 3 nitrogen and oxygen atoms in total. The summed E-state index contributed by atoms with van der Waals surface area (Å²) in [6.07, 6.45) is -5.18. The summed E-state index contributed by atoms with van der Waals surface area (Å²) in [5, 5.41) is 2.49. The summed E-state index contributed by atoms with van der Waals surface area (Å²) in [5.41, 5.74) is 0. The van der Waals surface area contributed by atoms with Crippen molar-refractivity contribution in [3.8, 4) is 0 Å². The highest BCUT2D eigenvalue weighted by molar-refractivity contribution is 5.75. The van der Waals surface area contributed by atoms with Gasteiger partial charge in [0.2, 0.25) is 0 Å². The molecule has 84 valence electrons. The van der Waals surface area contributed by atoms with E-state index in [0.29, 0.717) is 0 Å². The van der Waals surface area contributed by atoms with E-state index >= 15 is 0 Å². The van der Waals surface area contributed by atoms with Crippen LogP contribution in [0.1, 0.15) is 20.3 Å². The first-order valence-corrected chi connectivity index (χ1v) is 4.17. The Morgan fingerprint density at radius 1 is 1.43 bits per heavy atom. The molecule has 0 aliphatic carbocycles. The summed E-state index contributed by atoms with van der Waals surface area (Å²) < 4.78 is 40.0. The van der Waals surface area contributed by atoms with Gasteiger partial charge in [0.05, 0.1) is 13.5 Å². The number of carbonyl (C=O) groups excluding carboxylic acids is 1. The lowest BCUT2D eigenvalue weighted by molar-refractivity contribution is -0.147. The zero-order valence-corrected chi connectivity index (χ0v) is 8.31. The largest absolute Gasteiger partial charge is 0.468 e. The molecule has 0 aromatic heterocycles. The zero-order chi connectivity index (χ0) is 11.4. The third-order valence-corrected chi connectivity index (χ3v) is 1.63. The Balaban J connectivity index is 3.94. The van der Waals surface area contributed by atoms with Crippen molar-refractivity contribution in [1.82, 2.24) is 5.32 Å². The number of hydrogen-bond donors (Lipinski definition) is 1. The number of esters is 1. The smallest absolute Gasteiger partial charge is 0.390 e. The van der Waals surface area contributed by atoms with E-state index in [1.54, 1.807) is 0 Å². The van der Waals surface area contributed by atoms with Gasteiger partial charge >= 0.3 is 12.1 Å². The van der Waals surface area contributed by atoms with Crippen LogP contribution in [-0.4, -0.2) is 31.3 Å². The van der Waals surface area contributed by atoms with Crippen molar-refractivity contribution in [2.75, 3.05) is 7.11 Å². The second-order valence-corrected chi connectivity index (χ2v) is 3.13. The molecule has 0 aromatic rings. The van der Waals surface area contributed by atoms with Gasteiger partial charge in [-0.15, -0.1) is 0 Å². The molecule has 0 rings (SSSR count). The summed E-state index contributed by atoms with van der Waals surface area (Å²) in [5.74, 6) is -0.570. The molecule has 0 aromatic carbocycles. The van der Waals surface area contributed by atoms with Crippen LogP contribution in [0.5, 0.6) is 0 Å². The van der Waals surface area contributed by atoms with Crippen molar-refractivity contribution >= 4 is 5.97 Å². The minimum atomic E-state index is -4.22. The van der Waals surface area contributed by atoms with Gasteiger partial charge in [-0.3, -0.25) is 4.79 Å². The lowest BCUT2D eigenvalue weighted by Crippen LogP contribution is -2.42. The van der Waals surface area contributed by atoms with Gasteiger partial charge in [0.15, 0.2) is 0 Å². The van der Waals surface area contributed by atoms with Crippen LogP contribution in [0.2, 0.25) is 0 Å². The van der Waals surface area contributed by atoms with Gasteiger partial charge in [-0.2, -0.15) is 13.2 Å². The topological polar surface area (TPSA) is 38.3 Å². The van der Waals surface area contributed by atoms with Crippen LogP contribution in [0.3, 0.4) is 0 Å². The molecule has 2 atom stereocenters. The molecule has 6 heteroatoms. The van der Waals surface area contributed by atoms with Gasteiger partial charge < -0.3 is 10.1 Å². The van der Waals surface area contributed by atoms with Crippen LogP contribution in [0.4, 0.5) is 13.2 Å². The van der Waals surface area contributed by atoms with Gasteiger partial charge in [-0.25, -0.2) is 0 Å². The number of halogens is 3. The van der Waals surface area contributed by atoms with Crippen molar-refractivity contribution in [1.29, 1.82) is 0 Å². The fourth-order valence-electron chi connectivity index (χ4n) is 1.08. The van der Waals surface area contributed by atoms with Crippen LogP contribution in [0.25, 0.3) is 0 Å². The summed E-state index contributed by atoms with van der Waals surface area (Å²) in [6, 6.07) is -1.53. The maximum atomic E-state index is 11.9. The second-order valence-electron chi connectivity index (χ2n) is 3.13. The fraction of sp³-hybridized carbons (Fsp3) is 0.875. The predicted octanol–water partition coefficient (Wildman–Crippen LogP) is 1.48. The van der Waals surface area contributed by atoms with Crippen LogP contribution < -0.4 is 5.32 Å². The molecule has 1 N–H and O–H groups in total. The van der Waals surface area contributed by atoms with Gasteiger partial charge in [-0.05, 0) is 13.8 Å². The Morgan fingerprint density at radius 3 is 2.29 bits per heavy atom. The number of ether oxygens (including phenoxy) is 1. The molecule has 2 unspecified atom stereocenters. The maximum absolute atomic E-state index is 11.9. The first kappa shape index (κ1) is 13.2. The summed E-state index contributed by atoms with van der Waals surface area (Å²) in [4.78, 5) is 10.8. The lowest BCUT2D eigenvalue weighted by atomic mass is 10.2. The third-order valence-electron chi connectivity index (χ3n) is 1.63. The second kappa shape index (κ2) is 5.19.